The number of ether oxygens (including phenoxy) is 2. The second-order valence-electron chi connectivity index (χ2n) is 6.66. The van der Waals surface area contributed by atoms with Crippen LogP contribution < -0.4 is 21.5 Å². The number of hydrogen-bond donors (Lipinski definition) is 3. The number of benzene rings is 2. The van der Waals surface area contributed by atoms with Crippen LogP contribution in [0.1, 0.15) is 33.2 Å². The van der Waals surface area contributed by atoms with Crippen molar-refractivity contribution >= 4 is 23.7 Å². The largest absolute Gasteiger partial charge is 0.496 e. The summed E-state index contributed by atoms with van der Waals surface area (Å²) in [6.07, 6.45) is -0.811. The maximum atomic E-state index is 12.5. The Morgan fingerprint density at radius 3 is 2.41 bits per heavy atom. The number of nitrogens with two attached hydrogens (primary N) is 2. The van der Waals surface area contributed by atoms with Gasteiger partial charge in [-0.25, -0.2) is 4.79 Å². The molecule has 10 nitrogen and oxygen atoms in total. The summed E-state index contributed by atoms with van der Waals surface area (Å²) in [6.45, 7) is 2.02. The van der Waals surface area contributed by atoms with Crippen LogP contribution in [-0.4, -0.2) is 41.4 Å². The van der Waals surface area contributed by atoms with Crippen molar-refractivity contribution in [1.29, 1.82) is 0 Å². The number of nitrogens with zero attached hydrogens (tertiary/aromatic N) is 2. The molecule has 3 rings (SSSR count). The van der Waals surface area contributed by atoms with Crippen LogP contribution in [0.5, 0.6) is 5.75 Å². The molecule has 0 radical (unpaired) electrons. The predicted octanol–water partition coefficient (Wildman–Crippen LogP) is 2.17. The van der Waals surface area contributed by atoms with Crippen molar-refractivity contribution in [3.63, 3.8) is 0 Å². The average molecular weight is 437 g/mol. The van der Waals surface area contributed by atoms with Gasteiger partial charge in [0.15, 0.2) is 0 Å². The van der Waals surface area contributed by atoms with Crippen molar-refractivity contribution in [2.75, 3.05) is 19.5 Å². The molecule has 0 spiro atoms. The highest BCUT2D eigenvalue weighted by molar-refractivity contribution is 6.04. The number of aromatic nitrogens is 2. The van der Waals surface area contributed by atoms with Crippen molar-refractivity contribution in [1.82, 2.24) is 15.1 Å². The fourth-order valence-electron chi connectivity index (χ4n) is 3.09. The monoisotopic (exact) mass is 437 g/mol. The van der Waals surface area contributed by atoms with Crippen LogP contribution in [0.3, 0.4) is 0 Å². The van der Waals surface area contributed by atoms with Crippen LogP contribution in [-0.2, 0) is 11.3 Å². The van der Waals surface area contributed by atoms with Gasteiger partial charge < -0.3 is 26.3 Å². The molecule has 0 saturated carbocycles. The van der Waals surface area contributed by atoms with Gasteiger partial charge in [0.1, 0.15) is 22.8 Å². The lowest BCUT2D eigenvalue weighted by Gasteiger charge is -2.09. The Labute approximate surface area is 184 Å². The molecule has 0 unspecified atom stereocenters. The second-order valence-corrected chi connectivity index (χ2v) is 6.66. The summed E-state index contributed by atoms with van der Waals surface area (Å²) in [4.78, 5) is 36.4. The van der Waals surface area contributed by atoms with Crippen molar-refractivity contribution in [2.24, 2.45) is 5.73 Å². The van der Waals surface area contributed by atoms with Gasteiger partial charge in [0.2, 0.25) is 0 Å². The minimum absolute atomic E-state index is 0.0738. The molecule has 32 heavy (non-hydrogen) atoms. The van der Waals surface area contributed by atoms with E-state index in [0.29, 0.717) is 16.9 Å². The van der Waals surface area contributed by atoms with E-state index in [4.69, 9.17) is 20.9 Å². The van der Waals surface area contributed by atoms with Crippen LogP contribution in [0.25, 0.3) is 11.3 Å². The molecule has 10 heteroatoms. The molecule has 3 aromatic rings. The van der Waals surface area contributed by atoms with Gasteiger partial charge in [-0.2, -0.15) is 5.10 Å². The molecule has 0 aliphatic rings. The summed E-state index contributed by atoms with van der Waals surface area (Å²) >= 11 is 0. The Balaban J connectivity index is 1.80. The van der Waals surface area contributed by atoms with E-state index in [1.54, 1.807) is 55.5 Å². The van der Waals surface area contributed by atoms with Gasteiger partial charge in [-0.1, -0.05) is 36.4 Å². The third-order valence-corrected chi connectivity index (χ3v) is 4.64. The van der Waals surface area contributed by atoms with Crippen molar-refractivity contribution < 1.29 is 23.9 Å². The minimum Gasteiger partial charge on any atom is -0.496 e. The van der Waals surface area contributed by atoms with Crippen molar-refractivity contribution in [3.8, 4) is 17.0 Å². The molecule has 5 N–H and O–H groups in total. The Bertz CT molecular complexity index is 1150. The summed E-state index contributed by atoms with van der Waals surface area (Å²) in [5, 5.41) is 6.94. The van der Waals surface area contributed by atoms with Gasteiger partial charge in [0.25, 0.3) is 11.8 Å². The zero-order chi connectivity index (χ0) is 23.3. The third kappa shape index (κ3) is 4.53. The molecule has 1 aromatic heterocycles. The van der Waals surface area contributed by atoms with Crippen LogP contribution in [0, 0.1) is 0 Å². The number of rotatable bonds is 7. The first kappa shape index (κ1) is 22.3. The summed E-state index contributed by atoms with van der Waals surface area (Å²) < 4.78 is 10.9. The van der Waals surface area contributed by atoms with E-state index < -0.39 is 12.0 Å². The molecular weight excluding hydrogens is 414 g/mol. The standard InChI is InChI=1S/C22H23N5O5/c1-3-32-22(30)27-19(23)17(20(24)28)18(26-27)14-10-8-13(9-11-14)12-25-21(29)15-6-4-5-7-16(15)31-2/h4-11H,3,12,23H2,1-2H3,(H2,24,28)(H,25,29). The molecule has 0 aliphatic heterocycles. The highest BCUT2D eigenvalue weighted by Crippen LogP contribution is 2.27. The smallest absolute Gasteiger partial charge is 0.436 e. The molecule has 0 saturated heterocycles. The van der Waals surface area contributed by atoms with Gasteiger partial charge in [-0.05, 0) is 24.6 Å². The van der Waals surface area contributed by atoms with E-state index in [9.17, 15) is 14.4 Å². The minimum atomic E-state index is -0.818. The summed E-state index contributed by atoms with van der Waals surface area (Å²) in [5.41, 5.74) is 13.2. The Morgan fingerprint density at radius 2 is 1.78 bits per heavy atom. The van der Waals surface area contributed by atoms with E-state index in [1.165, 1.54) is 7.11 Å². The quantitative estimate of drug-likeness (QED) is 0.512. The van der Waals surface area contributed by atoms with Gasteiger partial charge >= 0.3 is 6.09 Å². The lowest BCUT2D eigenvalue weighted by molar-refractivity contribution is 0.0946. The maximum Gasteiger partial charge on any atom is 0.436 e. The van der Waals surface area contributed by atoms with Crippen molar-refractivity contribution in [2.45, 2.75) is 13.5 Å². The van der Waals surface area contributed by atoms with Crippen LogP contribution >= 0.6 is 0 Å². The number of nitrogen functional groups attached to an aromatic ring is 1. The Kier molecular flexibility index (Phi) is 6.74. The lowest BCUT2D eigenvalue weighted by atomic mass is 10.0. The van der Waals surface area contributed by atoms with E-state index in [-0.39, 0.29) is 36.1 Å². The summed E-state index contributed by atoms with van der Waals surface area (Å²) in [6, 6.07) is 13.8. The van der Waals surface area contributed by atoms with Crippen molar-refractivity contribution in [3.05, 3.63) is 65.2 Å². The van der Waals surface area contributed by atoms with Gasteiger partial charge in [0.05, 0.1) is 19.3 Å². The number of anilines is 1. The average Bonchev–Trinajstić information content (AvgIpc) is 3.15. The van der Waals surface area contributed by atoms with E-state index in [1.807, 2.05) is 0 Å². The molecule has 0 atom stereocenters. The van der Waals surface area contributed by atoms with E-state index in [0.717, 1.165) is 10.2 Å². The number of nitrogens with one attached hydrogen (secondary N) is 1. The molecule has 2 amide bonds. The molecule has 1 heterocycles. The van der Waals surface area contributed by atoms with Gasteiger partial charge in [-0.15, -0.1) is 4.68 Å². The summed E-state index contributed by atoms with van der Waals surface area (Å²) in [7, 11) is 1.50. The number of carbonyl (C=O) groups is 3. The molecular formula is C22H23N5O5. The molecule has 166 valence electrons. The SMILES string of the molecule is CCOC(=O)n1nc(-c2ccc(CNC(=O)c3ccccc3OC)cc2)c(C(N)=O)c1N. The number of methoxy groups -OCH3 is 1. The molecule has 0 fully saturated rings. The number of hydrogen-bond acceptors (Lipinski definition) is 7. The summed E-state index contributed by atoms with van der Waals surface area (Å²) in [5.74, 6) is -0.808. The number of para-hydroxylation sites is 1. The third-order valence-electron chi connectivity index (χ3n) is 4.64. The number of carbonyl (C=O) groups excluding carboxylic acids is 3. The van der Waals surface area contributed by atoms with E-state index >= 15 is 0 Å². The number of amides is 2. The Morgan fingerprint density at radius 1 is 1.09 bits per heavy atom. The zero-order valence-electron chi connectivity index (χ0n) is 17.6. The van der Waals surface area contributed by atoms with Crippen LogP contribution in [0.15, 0.2) is 48.5 Å². The second kappa shape index (κ2) is 9.65. The highest BCUT2D eigenvalue weighted by Gasteiger charge is 2.25. The fraction of sp³-hybridized carbons (Fsp3) is 0.182. The molecule has 0 aliphatic carbocycles. The van der Waals surface area contributed by atoms with Crippen LogP contribution in [0.2, 0.25) is 0 Å². The fourth-order valence-corrected chi connectivity index (χ4v) is 3.09. The first-order valence-corrected chi connectivity index (χ1v) is 9.73. The zero-order valence-corrected chi connectivity index (χ0v) is 17.6. The normalized spacial score (nSPS) is 10.4. The first-order valence-electron chi connectivity index (χ1n) is 9.73. The highest BCUT2D eigenvalue weighted by atomic mass is 16.6. The number of primary amides is 1. The molecule has 0 bridgehead atoms. The first-order chi connectivity index (χ1) is 15.4. The van der Waals surface area contributed by atoms with Gasteiger partial charge in [0, 0.05) is 12.1 Å². The molecule has 2 aromatic carbocycles. The topological polar surface area (TPSA) is 152 Å². The predicted molar refractivity (Wildman–Crippen MR) is 117 cm³/mol. The lowest BCUT2D eigenvalue weighted by Crippen LogP contribution is -2.23. The Hall–Kier alpha value is -4.34. The van der Waals surface area contributed by atoms with Gasteiger partial charge in [-0.3, -0.25) is 9.59 Å². The van der Waals surface area contributed by atoms with E-state index in [2.05, 4.69) is 10.4 Å². The maximum absolute atomic E-state index is 12.5. The van der Waals surface area contributed by atoms with Crippen LogP contribution in [0.4, 0.5) is 10.6 Å².